The Kier molecular flexibility index (Phi) is 8.11. The minimum atomic E-state index is -2.42. The highest BCUT2D eigenvalue weighted by atomic mass is 127. The van der Waals surface area contributed by atoms with Gasteiger partial charge in [0.2, 0.25) is 0 Å². The second-order valence-electron chi connectivity index (χ2n) is 5.09. The summed E-state index contributed by atoms with van der Waals surface area (Å²) in [6.07, 6.45) is -1.35. The zero-order valence-corrected chi connectivity index (χ0v) is 14.2. The van der Waals surface area contributed by atoms with Crippen LogP contribution in [0.25, 0.3) is 0 Å². The van der Waals surface area contributed by atoms with Crippen molar-refractivity contribution in [1.29, 1.82) is 0 Å². The van der Waals surface area contributed by atoms with Crippen LogP contribution in [0.4, 0.5) is 8.78 Å². The van der Waals surface area contributed by atoms with Gasteiger partial charge in [0.15, 0.2) is 5.96 Å². The zero-order valence-electron chi connectivity index (χ0n) is 11.9. The molecule has 1 saturated carbocycles. The molecule has 0 saturated heterocycles. The third-order valence-corrected chi connectivity index (χ3v) is 3.50. The van der Waals surface area contributed by atoms with Gasteiger partial charge in [0.1, 0.15) is 6.54 Å². The van der Waals surface area contributed by atoms with Crippen LogP contribution in [0, 0.1) is 5.41 Å². The van der Waals surface area contributed by atoms with Crippen molar-refractivity contribution in [3.63, 3.8) is 0 Å². The van der Waals surface area contributed by atoms with E-state index in [1.54, 1.807) is 7.11 Å². The number of nitrogens with one attached hydrogen (secondary N) is 2. The number of hydrogen-bond acceptors (Lipinski definition) is 2. The lowest BCUT2D eigenvalue weighted by Gasteiger charge is -2.51. The van der Waals surface area contributed by atoms with Gasteiger partial charge in [-0.1, -0.05) is 13.8 Å². The fourth-order valence-electron chi connectivity index (χ4n) is 2.18. The summed E-state index contributed by atoms with van der Waals surface area (Å²) in [6, 6.07) is 0.193. The molecule has 0 aliphatic heterocycles. The first-order valence-electron chi connectivity index (χ1n) is 6.27. The standard InChI is InChI=1S/C12H23F2N3O.HI/c1-5-15-11(16-7-10(13)14)17-8-6-9(18-4)12(8,2)3;/h8-10H,5-7H2,1-4H3,(H2,15,16,17);1H. The summed E-state index contributed by atoms with van der Waals surface area (Å²) >= 11 is 0. The fourth-order valence-corrected chi connectivity index (χ4v) is 2.18. The minimum absolute atomic E-state index is 0. The molecule has 0 aromatic carbocycles. The molecule has 4 nitrogen and oxygen atoms in total. The molecule has 1 aliphatic carbocycles. The molecule has 7 heteroatoms. The predicted octanol–water partition coefficient (Wildman–Crippen LogP) is 2.24. The van der Waals surface area contributed by atoms with E-state index in [0.717, 1.165) is 6.42 Å². The van der Waals surface area contributed by atoms with E-state index in [2.05, 4.69) is 29.5 Å². The lowest BCUT2D eigenvalue weighted by molar-refractivity contribution is -0.0922. The van der Waals surface area contributed by atoms with E-state index >= 15 is 0 Å². The topological polar surface area (TPSA) is 45.7 Å². The Morgan fingerprint density at radius 1 is 1.47 bits per heavy atom. The lowest BCUT2D eigenvalue weighted by Crippen LogP contribution is -2.63. The summed E-state index contributed by atoms with van der Waals surface area (Å²) < 4.78 is 29.7. The molecule has 0 bridgehead atoms. The molecule has 2 atom stereocenters. The van der Waals surface area contributed by atoms with Crippen molar-refractivity contribution >= 4 is 29.9 Å². The van der Waals surface area contributed by atoms with Crippen LogP contribution >= 0.6 is 24.0 Å². The largest absolute Gasteiger partial charge is 0.381 e. The third kappa shape index (κ3) is 5.02. The number of rotatable bonds is 5. The van der Waals surface area contributed by atoms with Crippen molar-refractivity contribution < 1.29 is 13.5 Å². The van der Waals surface area contributed by atoms with Crippen molar-refractivity contribution in [3.8, 4) is 0 Å². The maximum atomic E-state index is 12.2. The van der Waals surface area contributed by atoms with Gasteiger partial charge in [-0.2, -0.15) is 0 Å². The van der Waals surface area contributed by atoms with E-state index in [-0.39, 0.29) is 41.5 Å². The van der Waals surface area contributed by atoms with Crippen molar-refractivity contribution in [2.75, 3.05) is 20.2 Å². The summed E-state index contributed by atoms with van der Waals surface area (Å²) in [5.74, 6) is 0.449. The van der Waals surface area contributed by atoms with Gasteiger partial charge in [0.05, 0.1) is 6.10 Å². The number of nitrogens with zero attached hydrogens (tertiary/aromatic N) is 1. The SMILES string of the molecule is CCNC(=NCC(F)F)NC1CC(OC)C1(C)C.I. The molecule has 1 aliphatic rings. The molecule has 0 aromatic heterocycles. The second kappa shape index (κ2) is 8.18. The van der Waals surface area contributed by atoms with Gasteiger partial charge in [-0.15, -0.1) is 24.0 Å². The van der Waals surface area contributed by atoms with E-state index in [0.29, 0.717) is 12.5 Å². The van der Waals surface area contributed by atoms with Crippen molar-refractivity contribution in [2.45, 2.75) is 45.8 Å². The Labute approximate surface area is 130 Å². The number of halogens is 3. The monoisotopic (exact) mass is 391 g/mol. The number of aliphatic imine (C=N–C) groups is 1. The van der Waals surface area contributed by atoms with Crippen LogP contribution in [0.2, 0.25) is 0 Å². The molecule has 0 heterocycles. The van der Waals surface area contributed by atoms with E-state index in [4.69, 9.17) is 4.74 Å². The van der Waals surface area contributed by atoms with Crippen LogP contribution < -0.4 is 10.6 Å². The Morgan fingerprint density at radius 2 is 2.11 bits per heavy atom. The van der Waals surface area contributed by atoms with Gasteiger partial charge >= 0.3 is 0 Å². The van der Waals surface area contributed by atoms with Crippen molar-refractivity contribution in [2.24, 2.45) is 10.4 Å². The Morgan fingerprint density at radius 3 is 2.53 bits per heavy atom. The number of methoxy groups -OCH3 is 1. The van der Waals surface area contributed by atoms with Gasteiger partial charge in [-0.25, -0.2) is 13.8 Å². The summed E-state index contributed by atoms with van der Waals surface area (Å²) in [5.41, 5.74) is -0.0181. The van der Waals surface area contributed by atoms with Crippen LogP contribution in [0.3, 0.4) is 0 Å². The maximum absolute atomic E-state index is 12.2. The molecule has 1 fully saturated rings. The van der Waals surface area contributed by atoms with Gasteiger partial charge in [-0.3, -0.25) is 0 Å². The normalized spacial score (nSPS) is 25.5. The average molecular weight is 391 g/mol. The first kappa shape index (κ1) is 18.8. The molecule has 1 rings (SSSR count). The van der Waals surface area contributed by atoms with Crippen molar-refractivity contribution in [3.05, 3.63) is 0 Å². The highest BCUT2D eigenvalue weighted by Gasteiger charge is 2.48. The lowest BCUT2D eigenvalue weighted by atomic mass is 9.64. The van der Waals surface area contributed by atoms with Crippen LogP contribution in [-0.2, 0) is 4.74 Å². The molecule has 2 unspecified atom stereocenters. The van der Waals surface area contributed by atoms with E-state index in [9.17, 15) is 8.78 Å². The third-order valence-electron chi connectivity index (χ3n) is 3.50. The van der Waals surface area contributed by atoms with Crippen LogP contribution in [-0.4, -0.2) is 44.7 Å². The molecule has 0 spiro atoms. The molecule has 0 aromatic rings. The van der Waals surface area contributed by atoms with Gasteiger partial charge in [0, 0.05) is 25.1 Å². The van der Waals surface area contributed by atoms with Crippen LogP contribution in [0.15, 0.2) is 4.99 Å². The molecule has 114 valence electrons. The number of guanidine groups is 1. The first-order chi connectivity index (χ1) is 8.41. The zero-order chi connectivity index (χ0) is 13.8. The Balaban J connectivity index is 0.00000324. The summed E-state index contributed by atoms with van der Waals surface area (Å²) in [6.45, 7) is 6.27. The average Bonchev–Trinajstić information content (AvgIpc) is 2.30. The molecular formula is C12H24F2IN3O. The summed E-state index contributed by atoms with van der Waals surface area (Å²) in [7, 11) is 1.69. The van der Waals surface area contributed by atoms with E-state index < -0.39 is 13.0 Å². The minimum Gasteiger partial charge on any atom is -0.381 e. The fraction of sp³-hybridized carbons (Fsp3) is 0.917. The number of ether oxygens (including phenoxy) is 1. The molecular weight excluding hydrogens is 367 g/mol. The smallest absolute Gasteiger partial charge is 0.257 e. The van der Waals surface area contributed by atoms with Crippen LogP contribution in [0.1, 0.15) is 27.2 Å². The Hall–Kier alpha value is -0.180. The predicted molar refractivity (Wildman–Crippen MR) is 83.5 cm³/mol. The van der Waals surface area contributed by atoms with Gasteiger partial charge in [-0.05, 0) is 13.3 Å². The molecule has 19 heavy (non-hydrogen) atoms. The highest BCUT2D eigenvalue weighted by Crippen LogP contribution is 2.42. The summed E-state index contributed by atoms with van der Waals surface area (Å²) in [5, 5.41) is 6.16. The number of hydrogen-bond donors (Lipinski definition) is 2. The first-order valence-corrected chi connectivity index (χ1v) is 6.27. The second-order valence-corrected chi connectivity index (χ2v) is 5.09. The van der Waals surface area contributed by atoms with Gasteiger partial charge < -0.3 is 15.4 Å². The molecule has 0 amide bonds. The van der Waals surface area contributed by atoms with E-state index in [1.165, 1.54) is 0 Å². The molecule has 2 N–H and O–H groups in total. The van der Waals surface area contributed by atoms with Gasteiger partial charge in [0.25, 0.3) is 6.43 Å². The van der Waals surface area contributed by atoms with Crippen LogP contribution in [0.5, 0.6) is 0 Å². The number of alkyl halides is 2. The summed E-state index contributed by atoms with van der Waals surface area (Å²) in [4.78, 5) is 3.85. The maximum Gasteiger partial charge on any atom is 0.257 e. The van der Waals surface area contributed by atoms with E-state index in [1.807, 2.05) is 6.92 Å². The Bertz CT molecular complexity index is 301. The van der Waals surface area contributed by atoms with Crippen molar-refractivity contribution in [1.82, 2.24) is 10.6 Å². The quantitative estimate of drug-likeness (QED) is 0.429. The molecule has 0 radical (unpaired) electrons. The highest BCUT2D eigenvalue weighted by molar-refractivity contribution is 14.0.